The summed E-state index contributed by atoms with van der Waals surface area (Å²) in [5.74, 6) is -0.934. The molecular formula is C15H19NO4. The van der Waals surface area contributed by atoms with Gasteiger partial charge in [-0.1, -0.05) is 11.6 Å². The molecule has 0 unspecified atom stereocenters. The molecule has 0 saturated carbocycles. The number of ether oxygens (including phenoxy) is 1. The monoisotopic (exact) mass is 277 g/mol. The van der Waals surface area contributed by atoms with Crippen molar-refractivity contribution in [3.8, 4) is 5.75 Å². The van der Waals surface area contributed by atoms with Crippen LogP contribution in [0, 0.1) is 12.8 Å². The number of carboxylic acid groups (broad SMARTS) is 1. The molecule has 20 heavy (non-hydrogen) atoms. The fraction of sp³-hybridized carbons (Fsp3) is 0.467. The van der Waals surface area contributed by atoms with Crippen molar-refractivity contribution in [1.29, 1.82) is 0 Å². The molecule has 1 aromatic carbocycles. The predicted molar refractivity (Wildman–Crippen MR) is 74.0 cm³/mol. The molecule has 0 bridgehead atoms. The van der Waals surface area contributed by atoms with Crippen LogP contribution in [-0.2, 0) is 4.79 Å². The summed E-state index contributed by atoms with van der Waals surface area (Å²) < 4.78 is 5.22. The van der Waals surface area contributed by atoms with E-state index in [4.69, 9.17) is 9.84 Å². The molecule has 0 aliphatic carbocycles. The molecule has 0 aromatic heterocycles. The number of carbonyl (C=O) groups excluding carboxylic acids is 1. The minimum atomic E-state index is -0.835. The number of carbonyl (C=O) groups is 2. The van der Waals surface area contributed by atoms with E-state index in [9.17, 15) is 9.59 Å². The van der Waals surface area contributed by atoms with E-state index in [-0.39, 0.29) is 12.5 Å². The van der Waals surface area contributed by atoms with Crippen molar-refractivity contribution in [3.05, 3.63) is 29.3 Å². The molecule has 5 heteroatoms. The van der Waals surface area contributed by atoms with Crippen LogP contribution >= 0.6 is 0 Å². The molecule has 1 aromatic rings. The molecule has 1 N–H and O–H groups in total. The summed E-state index contributed by atoms with van der Waals surface area (Å²) in [4.78, 5) is 25.2. The maximum absolute atomic E-state index is 12.6. The summed E-state index contributed by atoms with van der Waals surface area (Å²) in [5, 5.41) is 9.09. The normalized spacial score (nSPS) is 18.7. The van der Waals surface area contributed by atoms with Crippen LogP contribution in [0.25, 0.3) is 0 Å². The fourth-order valence-corrected chi connectivity index (χ4v) is 2.52. The van der Waals surface area contributed by atoms with E-state index in [2.05, 4.69) is 0 Å². The smallest absolute Gasteiger partial charge is 0.308 e. The second-order valence-corrected chi connectivity index (χ2v) is 5.13. The van der Waals surface area contributed by atoms with Crippen LogP contribution in [0.15, 0.2) is 18.2 Å². The Morgan fingerprint density at radius 2 is 2.15 bits per heavy atom. The van der Waals surface area contributed by atoms with Crippen molar-refractivity contribution in [2.75, 3.05) is 20.2 Å². The van der Waals surface area contributed by atoms with Gasteiger partial charge in [0.15, 0.2) is 0 Å². The first-order valence-corrected chi connectivity index (χ1v) is 6.69. The Hall–Kier alpha value is -2.04. The molecule has 2 rings (SSSR count). The summed E-state index contributed by atoms with van der Waals surface area (Å²) in [6.07, 6.45) is 1.35. The summed E-state index contributed by atoms with van der Waals surface area (Å²) in [6.45, 7) is 2.78. The van der Waals surface area contributed by atoms with E-state index in [0.29, 0.717) is 24.3 Å². The first kappa shape index (κ1) is 14.4. The van der Waals surface area contributed by atoms with Gasteiger partial charge in [0.1, 0.15) is 5.75 Å². The van der Waals surface area contributed by atoms with Crippen LogP contribution in [-0.4, -0.2) is 42.1 Å². The van der Waals surface area contributed by atoms with Gasteiger partial charge in [0.2, 0.25) is 0 Å². The molecule has 1 aliphatic heterocycles. The van der Waals surface area contributed by atoms with Gasteiger partial charge in [0.25, 0.3) is 5.91 Å². The fourth-order valence-electron chi connectivity index (χ4n) is 2.52. The van der Waals surface area contributed by atoms with Crippen molar-refractivity contribution < 1.29 is 19.4 Å². The van der Waals surface area contributed by atoms with Crippen LogP contribution in [0.1, 0.15) is 28.8 Å². The van der Waals surface area contributed by atoms with E-state index >= 15 is 0 Å². The largest absolute Gasteiger partial charge is 0.496 e. The van der Waals surface area contributed by atoms with E-state index in [0.717, 1.165) is 12.0 Å². The number of piperidine rings is 1. The number of hydrogen-bond acceptors (Lipinski definition) is 3. The number of aliphatic carboxylic acids is 1. The van der Waals surface area contributed by atoms with Gasteiger partial charge in [0, 0.05) is 13.1 Å². The molecule has 1 atom stereocenters. The van der Waals surface area contributed by atoms with Gasteiger partial charge in [0.05, 0.1) is 18.6 Å². The average molecular weight is 277 g/mol. The molecule has 5 nitrogen and oxygen atoms in total. The molecule has 1 fully saturated rings. The van der Waals surface area contributed by atoms with Gasteiger partial charge in [-0.3, -0.25) is 9.59 Å². The van der Waals surface area contributed by atoms with Crippen molar-refractivity contribution in [3.63, 3.8) is 0 Å². The highest BCUT2D eigenvalue weighted by atomic mass is 16.5. The Labute approximate surface area is 118 Å². The molecule has 1 amide bonds. The average Bonchev–Trinajstić information content (AvgIpc) is 2.46. The van der Waals surface area contributed by atoms with E-state index < -0.39 is 11.9 Å². The van der Waals surface area contributed by atoms with Gasteiger partial charge in [-0.25, -0.2) is 0 Å². The second-order valence-electron chi connectivity index (χ2n) is 5.13. The number of methoxy groups -OCH3 is 1. The molecule has 1 heterocycles. The van der Waals surface area contributed by atoms with E-state index in [1.54, 1.807) is 17.0 Å². The van der Waals surface area contributed by atoms with Crippen molar-refractivity contribution >= 4 is 11.9 Å². The molecule has 0 radical (unpaired) electrons. The lowest BCUT2D eigenvalue weighted by molar-refractivity contribution is -0.143. The number of carboxylic acids is 1. The molecule has 0 spiro atoms. The van der Waals surface area contributed by atoms with E-state index in [1.165, 1.54) is 7.11 Å². The number of likely N-dealkylation sites (tertiary alicyclic amines) is 1. The van der Waals surface area contributed by atoms with Gasteiger partial charge < -0.3 is 14.7 Å². The molecular weight excluding hydrogens is 258 g/mol. The van der Waals surface area contributed by atoms with Crippen molar-refractivity contribution in [2.24, 2.45) is 5.92 Å². The molecule has 1 saturated heterocycles. The predicted octanol–water partition coefficient (Wildman–Crippen LogP) is 1.94. The topological polar surface area (TPSA) is 66.8 Å². The Balaban J connectivity index is 2.22. The Morgan fingerprint density at radius 3 is 2.80 bits per heavy atom. The number of nitrogens with zero attached hydrogens (tertiary/aromatic N) is 1. The SMILES string of the molecule is COc1ccc(C)cc1C(=O)N1CCC[C@H](C(=O)O)C1. The quantitative estimate of drug-likeness (QED) is 0.917. The third kappa shape index (κ3) is 2.92. The zero-order valence-electron chi connectivity index (χ0n) is 11.8. The van der Waals surface area contributed by atoms with Crippen molar-refractivity contribution in [1.82, 2.24) is 4.90 Å². The van der Waals surface area contributed by atoms with Gasteiger partial charge in [-0.05, 0) is 31.9 Å². The van der Waals surface area contributed by atoms with E-state index in [1.807, 2.05) is 13.0 Å². The first-order chi connectivity index (χ1) is 9.52. The third-order valence-corrected chi connectivity index (χ3v) is 3.64. The number of amides is 1. The summed E-state index contributed by atoms with van der Waals surface area (Å²) >= 11 is 0. The zero-order valence-corrected chi connectivity index (χ0v) is 11.8. The standard InChI is InChI=1S/C15H19NO4/c1-10-5-6-13(20-2)12(8-10)14(17)16-7-3-4-11(9-16)15(18)19/h5-6,8,11H,3-4,7,9H2,1-2H3,(H,18,19)/t11-/m0/s1. The number of aryl methyl sites for hydroxylation is 1. The van der Waals surface area contributed by atoms with Crippen LogP contribution in [0.5, 0.6) is 5.75 Å². The Morgan fingerprint density at radius 1 is 1.40 bits per heavy atom. The first-order valence-electron chi connectivity index (χ1n) is 6.69. The van der Waals surface area contributed by atoms with Crippen LogP contribution in [0.4, 0.5) is 0 Å². The lowest BCUT2D eigenvalue weighted by Crippen LogP contribution is -2.42. The molecule has 108 valence electrons. The Kier molecular flexibility index (Phi) is 4.27. The van der Waals surface area contributed by atoms with Crippen LogP contribution in [0.3, 0.4) is 0 Å². The highest BCUT2D eigenvalue weighted by molar-refractivity contribution is 5.97. The summed E-state index contributed by atoms with van der Waals surface area (Å²) in [6, 6.07) is 5.43. The maximum atomic E-state index is 12.6. The zero-order chi connectivity index (χ0) is 14.7. The van der Waals surface area contributed by atoms with Crippen molar-refractivity contribution in [2.45, 2.75) is 19.8 Å². The number of rotatable bonds is 3. The maximum Gasteiger partial charge on any atom is 0.308 e. The second kappa shape index (κ2) is 5.94. The van der Waals surface area contributed by atoms with Crippen LogP contribution in [0.2, 0.25) is 0 Å². The number of hydrogen-bond donors (Lipinski definition) is 1. The van der Waals surface area contributed by atoms with Gasteiger partial charge in [-0.2, -0.15) is 0 Å². The summed E-state index contributed by atoms with van der Waals surface area (Å²) in [7, 11) is 1.53. The minimum Gasteiger partial charge on any atom is -0.496 e. The Bertz CT molecular complexity index is 527. The number of benzene rings is 1. The third-order valence-electron chi connectivity index (χ3n) is 3.64. The lowest BCUT2D eigenvalue weighted by Gasteiger charge is -2.31. The molecule has 1 aliphatic rings. The minimum absolute atomic E-state index is 0.156. The lowest BCUT2D eigenvalue weighted by atomic mass is 9.97. The van der Waals surface area contributed by atoms with Crippen LogP contribution < -0.4 is 4.74 Å². The summed E-state index contributed by atoms with van der Waals surface area (Å²) in [5.41, 5.74) is 1.47. The highest BCUT2D eigenvalue weighted by Crippen LogP contribution is 2.24. The highest BCUT2D eigenvalue weighted by Gasteiger charge is 2.29. The van der Waals surface area contributed by atoms with Gasteiger partial charge >= 0.3 is 5.97 Å². The van der Waals surface area contributed by atoms with Gasteiger partial charge in [-0.15, -0.1) is 0 Å².